The summed E-state index contributed by atoms with van der Waals surface area (Å²) in [6.07, 6.45) is 0.188. The molecule has 2 amide bonds. The number of methoxy groups -OCH3 is 1. The molecule has 9 nitrogen and oxygen atoms in total. The summed E-state index contributed by atoms with van der Waals surface area (Å²) < 4.78 is 4.77. The number of carbonyl (C=O) groups is 2. The van der Waals surface area contributed by atoms with Crippen LogP contribution in [0.5, 0.6) is 0 Å². The summed E-state index contributed by atoms with van der Waals surface area (Å²) in [7, 11) is 1.55. The molecule has 1 aromatic rings. The minimum Gasteiger partial charge on any atom is -0.383 e. The van der Waals surface area contributed by atoms with Gasteiger partial charge in [-0.25, -0.2) is 0 Å². The highest BCUT2D eigenvalue weighted by Crippen LogP contribution is 1.84. The van der Waals surface area contributed by atoms with Crippen LogP contribution in [-0.2, 0) is 9.53 Å². The molecule has 0 unspecified atom stereocenters. The Morgan fingerprint density at radius 3 is 2.82 bits per heavy atom. The molecule has 17 heavy (non-hydrogen) atoms. The van der Waals surface area contributed by atoms with Gasteiger partial charge in [-0.1, -0.05) is 0 Å². The zero-order valence-electron chi connectivity index (χ0n) is 9.39. The number of nitrogens with one attached hydrogen (secondary N) is 3. The number of amides is 2. The van der Waals surface area contributed by atoms with Gasteiger partial charge in [0, 0.05) is 26.6 Å². The van der Waals surface area contributed by atoms with Crippen molar-refractivity contribution >= 4 is 11.8 Å². The van der Waals surface area contributed by atoms with E-state index in [9.17, 15) is 9.59 Å². The largest absolute Gasteiger partial charge is 0.383 e. The Balaban J connectivity index is 2.11. The highest BCUT2D eigenvalue weighted by molar-refractivity contribution is 5.90. The van der Waals surface area contributed by atoms with Gasteiger partial charge in [0.15, 0.2) is 0 Å². The summed E-state index contributed by atoms with van der Waals surface area (Å²) >= 11 is 0. The molecule has 0 aliphatic rings. The summed E-state index contributed by atoms with van der Waals surface area (Å²) in [6, 6.07) is 0. The van der Waals surface area contributed by atoms with E-state index in [0.717, 1.165) is 0 Å². The van der Waals surface area contributed by atoms with Gasteiger partial charge >= 0.3 is 0 Å². The highest BCUT2D eigenvalue weighted by Gasteiger charge is 2.10. The Bertz CT molecular complexity index is 352. The zero-order chi connectivity index (χ0) is 12.5. The van der Waals surface area contributed by atoms with E-state index in [-0.39, 0.29) is 24.7 Å². The smallest absolute Gasteiger partial charge is 0.292 e. The molecule has 94 valence electrons. The third kappa shape index (κ3) is 5.02. The zero-order valence-corrected chi connectivity index (χ0v) is 9.39. The fourth-order valence-corrected chi connectivity index (χ4v) is 1.01. The molecule has 0 bridgehead atoms. The highest BCUT2D eigenvalue weighted by atomic mass is 16.5. The lowest BCUT2D eigenvalue weighted by atomic mass is 10.4. The van der Waals surface area contributed by atoms with Gasteiger partial charge in [0.05, 0.1) is 6.61 Å². The van der Waals surface area contributed by atoms with Crippen LogP contribution in [0.4, 0.5) is 0 Å². The van der Waals surface area contributed by atoms with Crippen LogP contribution in [0, 0.1) is 0 Å². The Kier molecular flexibility index (Phi) is 5.58. The number of hydrogen-bond acceptors (Lipinski definition) is 6. The molecule has 0 aromatic carbocycles. The molecule has 0 aliphatic carbocycles. The molecule has 3 N–H and O–H groups in total. The van der Waals surface area contributed by atoms with E-state index in [1.807, 2.05) is 0 Å². The van der Waals surface area contributed by atoms with E-state index < -0.39 is 5.91 Å². The van der Waals surface area contributed by atoms with E-state index in [4.69, 9.17) is 4.74 Å². The molecule has 0 radical (unpaired) electrons. The van der Waals surface area contributed by atoms with E-state index in [2.05, 4.69) is 31.3 Å². The lowest BCUT2D eigenvalue weighted by molar-refractivity contribution is -0.121. The number of H-pyrrole nitrogens is 1. The van der Waals surface area contributed by atoms with Crippen molar-refractivity contribution in [3.63, 3.8) is 0 Å². The van der Waals surface area contributed by atoms with Gasteiger partial charge in [0.25, 0.3) is 11.7 Å². The van der Waals surface area contributed by atoms with Gasteiger partial charge in [0.2, 0.25) is 5.91 Å². The fraction of sp³-hybridized carbons (Fsp3) is 0.625. The quantitative estimate of drug-likeness (QED) is 0.479. The van der Waals surface area contributed by atoms with Crippen molar-refractivity contribution in [2.75, 3.05) is 26.8 Å². The second-order valence-corrected chi connectivity index (χ2v) is 3.08. The van der Waals surface area contributed by atoms with Crippen LogP contribution in [0.3, 0.4) is 0 Å². The van der Waals surface area contributed by atoms with Gasteiger partial charge in [-0.15, -0.1) is 10.2 Å². The first-order chi connectivity index (χ1) is 8.24. The van der Waals surface area contributed by atoms with E-state index in [0.29, 0.717) is 13.2 Å². The van der Waals surface area contributed by atoms with Gasteiger partial charge in [0.1, 0.15) is 0 Å². The molecule has 0 saturated carbocycles. The first-order valence-corrected chi connectivity index (χ1v) is 5.01. The maximum atomic E-state index is 11.3. The van der Waals surface area contributed by atoms with Crippen LogP contribution < -0.4 is 10.6 Å². The summed E-state index contributed by atoms with van der Waals surface area (Å²) in [6.45, 7) is 1.13. The molecule has 0 fully saturated rings. The molecule has 0 spiro atoms. The number of hydrogen-bond donors (Lipinski definition) is 3. The van der Waals surface area contributed by atoms with E-state index in [1.54, 1.807) is 7.11 Å². The lowest BCUT2D eigenvalue weighted by Crippen LogP contribution is -2.32. The van der Waals surface area contributed by atoms with Gasteiger partial charge in [-0.3, -0.25) is 9.59 Å². The number of aromatic nitrogens is 4. The lowest BCUT2D eigenvalue weighted by Gasteiger charge is -2.04. The van der Waals surface area contributed by atoms with Crippen LogP contribution in [-0.4, -0.2) is 59.2 Å². The van der Waals surface area contributed by atoms with Crippen LogP contribution in [0.15, 0.2) is 0 Å². The van der Waals surface area contributed by atoms with E-state index in [1.165, 1.54) is 0 Å². The minimum atomic E-state index is -0.469. The Labute approximate surface area is 97.3 Å². The molecule has 0 aliphatic heterocycles. The van der Waals surface area contributed by atoms with Gasteiger partial charge in [-0.05, 0) is 5.21 Å². The van der Waals surface area contributed by atoms with Crippen LogP contribution in [0.25, 0.3) is 0 Å². The first kappa shape index (κ1) is 13.0. The number of ether oxygens (including phenoxy) is 1. The van der Waals surface area contributed by atoms with Crippen molar-refractivity contribution in [2.24, 2.45) is 0 Å². The Morgan fingerprint density at radius 1 is 1.35 bits per heavy atom. The fourth-order valence-electron chi connectivity index (χ4n) is 1.01. The van der Waals surface area contributed by atoms with Crippen molar-refractivity contribution in [2.45, 2.75) is 6.42 Å². The van der Waals surface area contributed by atoms with Crippen molar-refractivity contribution in [3.05, 3.63) is 5.82 Å². The number of aromatic amines is 1. The average molecular weight is 242 g/mol. The second kappa shape index (κ2) is 7.28. The third-order valence-electron chi connectivity index (χ3n) is 1.81. The summed E-state index contributed by atoms with van der Waals surface area (Å²) in [5, 5.41) is 17.5. The number of tetrazole rings is 1. The standard InChI is InChI=1S/C8H14N6O3/c1-17-5-4-9-6(15)2-3-10-8(16)7-11-13-14-12-7/h2-5H2,1H3,(H,9,15)(H,10,16)(H,11,12,13,14). The molecule has 1 rings (SSSR count). The van der Waals surface area contributed by atoms with Gasteiger partial charge < -0.3 is 15.4 Å². The SMILES string of the molecule is COCCNC(=O)CCNC(=O)c1nn[nH]n1. The molecule has 9 heteroatoms. The minimum absolute atomic E-state index is 0.0511. The number of rotatable bonds is 7. The maximum Gasteiger partial charge on any atom is 0.292 e. The summed E-state index contributed by atoms with van der Waals surface area (Å²) in [5.41, 5.74) is 0. The first-order valence-electron chi connectivity index (χ1n) is 5.01. The van der Waals surface area contributed by atoms with Crippen molar-refractivity contribution in [1.82, 2.24) is 31.3 Å². The van der Waals surface area contributed by atoms with E-state index >= 15 is 0 Å². The van der Waals surface area contributed by atoms with Gasteiger partial charge in [-0.2, -0.15) is 5.21 Å². The molecular formula is C8H14N6O3. The molecule has 0 saturated heterocycles. The van der Waals surface area contributed by atoms with Crippen molar-refractivity contribution in [3.8, 4) is 0 Å². The summed E-state index contributed by atoms with van der Waals surface area (Å²) in [4.78, 5) is 22.5. The second-order valence-electron chi connectivity index (χ2n) is 3.08. The van der Waals surface area contributed by atoms with Crippen molar-refractivity contribution in [1.29, 1.82) is 0 Å². The number of carbonyl (C=O) groups excluding carboxylic acids is 2. The third-order valence-corrected chi connectivity index (χ3v) is 1.81. The molecule has 0 atom stereocenters. The van der Waals surface area contributed by atoms with Crippen LogP contribution >= 0.6 is 0 Å². The topological polar surface area (TPSA) is 122 Å². The molecular weight excluding hydrogens is 228 g/mol. The predicted octanol–water partition coefficient (Wildman–Crippen LogP) is -1.92. The monoisotopic (exact) mass is 242 g/mol. The predicted molar refractivity (Wildman–Crippen MR) is 56.0 cm³/mol. The van der Waals surface area contributed by atoms with Crippen LogP contribution in [0.1, 0.15) is 17.0 Å². The maximum absolute atomic E-state index is 11.3. The Hall–Kier alpha value is -2.03. The average Bonchev–Trinajstić information content (AvgIpc) is 2.82. The normalized spacial score (nSPS) is 9.94. The molecule has 1 aromatic heterocycles. The summed E-state index contributed by atoms with van der Waals surface area (Å²) in [5.74, 6) is -0.677. The van der Waals surface area contributed by atoms with Crippen molar-refractivity contribution < 1.29 is 14.3 Å². The number of nitrogens with zero attached hydrogens (tertiary/aromatic N) is 3. The van der Waals surface area contributed by atoms with Crippen LogP contribution in [0.2, 0.25) is 0 Å². The molecule has 1 heterocycles. The Morgan fingerprint density at radius 2 is 2.18 bits per heavy atom.